The number of nitro groups is 1. The van der Waals surface area contributed by atoms with Crippen molar-refractivity contribution in [2.75, 3.05) is 5.32 Å². The number of rotatable bonds is 4. The van der Waals surface area contributed by atoms with Gasteiger partial charge in [0.25, 0.3) is 17.5 Å². The van der Waals surface area contributed by atoms with Crippen LogP contribution in [0.15, 0.2) is 52.9 Å². The summed E-state index contributed by atoms with van der Waals surface area (Å²) in [6.07, 6.45) is 0. The van der Waals surface area contributed by atoms with Crippen LogP contribution in [0, 0.1) is 10.1 Å². The Morgan fingerprint density at radius 2 is 1.75 bits per heavy atom. The molecule has 3 rings (SSSR count). The molecule has 2 amide bonds. The second kappa shape index (κ2) is 5.84. The normalized spacial score (nSPS) is 10.5. The first kappa shape index (κ1) is 15.2. The van der Waals surface area contributed by atoms with Crippen molar-refractivity contribution < 1.29 is 18.9 Å². The molecule has 2 aromatic carbocycles. The van der Waals surface area contributed by atoms with Gasteiger partial charge >= 0.3 is 0 Å². The lowest BCUT2D eigenvalue weighted by Crippen LogP contribution is -2.17. The van der Waals surface area contributed by atoms with Crippen molar-refractivity contribution in [3.8, 4) is 0 Å². The second-order valence-electron chi connectivity index (χ2n) is 4.92. The van der Waals surface area contributed by atoms with Crippen LogP contribution >= 0.6 is 0 Å². The molecular formula is C16H11N3O5. The van der Waals surface area contributed by atoms with Gasteiger partial charge in [-0.15, -0.1) is 0 Å². The quantitative estimate of drug-likeness (QED) is 0.563. The smallest absolute Gasteiger partial charge is 0.286 e. The number of nitrogens with zero attached hydrogens (tertiary/aromatic N) is 1. The van der Waals surface area contributed by atoms with E-state index in [9.17, 15) is 19.7 Å². The van der Waals surface area contributed by atoms with Crippen LogP contribution in [-0.2, 0) is 0 Å². The Balaban J connectivity index is 1.97. The molecule has 24 heavy (non-hydrogen) atoms. The summed E-state index contributed by atoms with van der Waals surface area (Å²) in [5.41, 5.74) is 5.93. The summed E-state index contributed by atoms with van der Waals surface area (Å²) in [6.45, 7) is 0. The molecule has 1 heterocycles. The summed E-state index contributed by atoms with van der Waals surface area (Å²) in [4.78, 5) is 34.0. The molecule has 8 nitrogen and oxygen atoms in total. The van der Waals surface area contributed by atoms with Crippen LogP contribution < -0.4 is 11.1 Å². The van der Waals surface area contributed by atoms with E-state index < -0.39 is 16.7 Å². The van der Waals surface area contributed by atoms with E-state index in [1.807, 2.05) is 0 Å². The SMILES string of the molecule is NC(=O)c1oc2ccccc2c1NC(=O)c1ccc([N+](=O)[O-])cc1. The molecule has 0 aliphatic carbocycles. The molecule has 0 aliphatic rings. The number of hydrogen-bond donors (Lipinski definition) is 2. The number of hydrogen-bond acceptors (Lipinski definition) is 5. The highest BCUT2D eigenvalue weighted by Crippen LogP contribution is 2.31. The minimum Gasteiger partial charge on any atom is -0.449 e. The van der Waals surface area contributed by atoms with Crippen molar-refractivity contribution in [2.24, 2.45) is 5.73 Å². The number of nitro benzene ring substituents is 1. The zero-order valence-corrected chi connectivity index (χ0v) is 12.2. The Bertz CT molecular complexity index is 960. The van der Waals surface area contributed by atoms with Gasteiger partial charge in [-0.25, -0.2) is 0 Å². The summed E-state index contributed by atoms with van der Waals surface area (Å²) in [5, 5.41) is 13.8. The van der Waals surface area contributed by atoms with Crippen LogP contribution in [-0.4, -0.2) is 16.7 Å². The Kier molecular flexibility index (Phi) is 3.70. The van der Waals surface area contributed by atoms with Crippen LogP contribution in [0.4, 0.5) is 11.4 Å². The molecule has 0 spiro atoms. The first-order valence-electron chi connectivity index (χ1n) is 6.84. The van der Waals surface area contributed by atoms with Crippen LogP contribution in [0.2, 0.25) is 0 Å². The summed E-state index contributed by atoms with van der Waals surface area (Å²) in [7, 11) is 0. The Labute approximate surface area is 135 Å². The average molecular weight is 325 g/mol. The number of nitrogens with one attached hydrogen (secondary N) is 1. The molecule has 3 N–H and O–H groups in total. The molecule has 0 bridgehead atoms. The standard InChI is InChI=1S/C16H11N3O5/c17-15(20)14-13(11-3-1-2-4-12(11)24-14)18-16(21)9-5-7-10(8-6-9)19(22)23/h1-8H,(H2,17,20)(H,18,21). The molecule has 0 fully saturated rings. The number of furan rings is 1. The van der Waals surface area contributed by atoms with Crippen molar-refractivity contribution in [3.63, 3.8) is 0 Å². The van der Waals surface area contributed by atoms with Crippen molar-refractivity contribution in [2.45, 2.75) is 0 Å². The van der Waals surface area contributed by atoms with Gasteiger partial charge in [-0.2, -0.15) is 0 Å². The third-order valence-corrected chi connectivity index (χ3v) is 3.40. The molecular weight excluding hydrogens is 314 g/mol. The van der Waals surface area contributed by atoms with E-state index in [1.54, 1.807) is 24.3 Å². The van der Waals surface area contributed by atoms with Gasteiger partial charge in [0.15, 0.2) is 0 Å². The molecule has 8 heteroatoms. The maximum absolute atomic E-state index is 12.3. The van der Waals surface area contributed by atoms with Crippen LogP contribution in [0.3, 0.4) is 0 Å². The fourth-order valence-electron chi connectivity index (χ4n) is 2.26. The van der Waals surface area contributed by atoms with Crippen molar-refractivity contribution >= 4 is 34.2 Å². The number of non-ortho nitro benzene ring substituents is 1. The third kappa shape index (κ3) is 2.68. The van der Waals surface area contributed by atoms with E-state index in [0.29, 0.717) is 11.0 Å². The molecule has 0 aliphatic heterocycles. The fraction of sp³-hybridized carbons (Fsp3) is 0. The van der Waals surface area contributed by atoms with Gasteiger partial charge in [-0.1, -0.05) is 12.1 Å². The van der Waals surface area contributed by atoms with E-state index in [0.717, 1.165) is 0 Å². The van der Waals surface area contributed by atoms with Crippen LogP contribution in [0.1, 0.15) is 20.9 Å². The van der Waals surface area contributed by atoms with Crippen LogP contribution in [0.5, 0.6) is 0 Å². The summed E-state index contributed by atoms with van der Waals surface area (Å²) in [6, 6.07) is 11.8. The first-order valence-corrected chi connectivity index (χ1v) is 6.84. The number of para-hydroxylation sites is 1. The first-order chi connectivity index (χ1) is 11.5. The van der Waals surface area contributed by atoms with E-state index in [-0.39, 0.29) is 22.7 Å². The topological polar surface area (TPSA) is 128 Å². The largest absolute Gasteiger partial charge is 0.449 e. The van der Waals surface area contributed by atoms with Crippen molar-refractivity contribution in [1.29, 1.82) is 0 Å². The van der Waals surface area contributed by atoms with E-state index in [4.69, 9.17) is 10.2 Å². The van der Waals surface area contributed by atoms with Gasteiger partial charge in [0.1, 0.15) is 11.3 Å². The maximum atomic E-state index is 12.3. The number of fused-ring (bicyclic) bond motifs is 1. The summed E-state index contributed by atoms with van der Waals surface area (Å²) in [5.74, 6) is -1.52. The van der Waals surface area contributed by atoms with E-state index in [1.165, 1.54) is 24.3 Å². The molecule has 0 radical (unpaired) electrons. The number of nitrogens with two attached hydrogens (primary N) is 1. The Morgan fingerprint density at radius 3 is 2.38 bits per heavy atom. The Morgan fingerprint density at radius 1 is 1.08 bits per heavy atom. The highest BCUT2D eigenvalue weighted by atomic mass is 16.6. The number of benzene rings is 2. The lowest BCUT2D eigenvalue weighted by atomic mass is 10.1. The van der Waals surface area contributed by atoms with Gasteiger partial charge in [0.2, 0.25) is 5.76 Å². The van der Waals surface area contributed by atoms with Crippen LogP contribution in [0.25, 0.3) is 11.0 Å². The van der Waals surface area contributed by atoms with Gasteiger partial charge in [0, 0.05) is 23.1 Å². The molecule has 0 saturated heterocycles. The maximum Gasteiger partial charge on any atom is 0.286 e. The third-order valence-electron chi connectivity index (χ3n) is 3.40. The highest BCUT2D eigenvalue weighted by molar-refractivity contribution is 6.14. The number of primary amides is 1. The summed E-state index contributed by atoms with van der Waals surface area (Å²) >= 11 is 0. The number of carbonyl (C=O) groups is 2. The molecule has 0 unspecified atom stereocenters. The van der Waals surface area contributed by atoms with Gasteiger partial charge < -0.3 is 15.5 Å². The Hall–Kier alpha value is -3.68. The number of amides is 2. The zero-order valence-electron chi connectivity index (χ0n) is 12.2. The predicted molar refractivity (Wildman–Crippen MR) is 85.8 cm³/mol. The summed E-state index contributed by atoms with van der Waals surface area (Å²) < 4.78 is 5.37. The monoisotopic (exact) mass is 325 g/mol. The number of carbonyl (C=O) groups excluding carboxylic acids is 2. The predicted octanol–water partition coefficient (Wildman–Crippen LogP) is 2.69. The number of anilines is 1. The zero-order chi connectivity index (χ0) is 17.3. The molecule has 120 valence electrons. The van der Waals surface area contributed by atoms with Gasteiger partial charge in [0.05, 0.1) is 4.92 Å². The molecule has 3 aromatic rings. The van der Waals surface area contributed by atoms with Gasteiger partial charge in [-0.3, -0.25) is 19.7 Å². The van der Waals surface area contributed by atoms with Crippen molar-refractivity contribution in [1.82, 2.24) is 0 Å². The molecule has 1 aromatic heterocycles. The highest BCUT2D eigenvalue weighted by Gasteiger charge is 2.21. The lowest BCUT2D eigenvalue weighted by Gasteiger charge is -2.05. The lowest BCUT2D eigenvalue weighted by molar-refractivity contribution is -0.384. The second-order valence-corrected chi connectivity index (χ2v) is 4.92. The van der Waals surface area contributed by atoms with E-state index in [2.05, 4.69) is 5.32 Å². The fourth-order valence-corrected chi connectivity index (χ4v) is 2.26. The average Bonchev–Trinajstić information content (AvgIpc) is 2.94. The minimum absolute atomic E-state index is 0.127. The molecule has 0 atom stereocenters. The minimum atomic E-state index is -0.815. The van der Waals surface area contributed by atoms with Crippen molar-refractivity contribution in [3.05, 3.63) is 70.0 Å². The van der Waals surface area contributed by atoms with Gasteiger partial charge in [-0.05, 0) is 24.3 Å². The van der Waals surface area contributed by atoms with E-state index >= 15 is 0 Å². The molecule has 0 saturated carbocycles.